The van der Waals surface area contributed by atoms with Crippen molar-refractivity contribution >= 4 is 26.8 Å². The van der Waals surface area contributed by atoms with Crippen LogP contribution >= 0.6 is 15.9 Å². The second kappa shape index (κ2) is 5.34. The summed E-state index contributed by atoms with van der Waals surface area (Å²) in [5.74, 6) is 0. The Balaban J connectivity index is 1.88. The average molecular weight is 307 g/mol. The number of benzene rings is 1. The third kappa shape index (κ3) is 2.55. The summed E-state index contributed by atoms with van der Waals surface area (Å²) in [7, 11) is 0. The van der Waals surface area contributed by atoms with E-state index in [9.17, 15) is 0 Å². The van der Waals surface area contributed by atoms with Gasteiger partial charge in [0.05, 0.1) is 18.2 Å². The summed E-state index contributed by atoms with van der Waals surface area (Å²) >= 11 is 3.56. The van der Waals surface area contributed by atoms with Gasteiger partial charge in [0.25, 0.3) is 0 Å². The van der Waals surface area contributed by atoms with Crippen LogP contribution in [0.4, 0.5) is 0 Å². The number of fused-ring (bicyclic) bond motifs is 1. The van der Waals surface area contributed by atoms with Crippen LogP contribution in [0.1, 0.15) is 5.56 Å². The van der Waals surface area contributed by atoms with E-state index in [-0.39, 0.29) is 6.10 Å². The summed E-state index contributed by atoms with van der Waals surface area (Å²) in [6.07, 6.45) is 1.14. The van der Waals surface area contributed by atoms with Crippen molar-refractivity contribution in [3.63, 3.8) is 0 Å². The van der Waals surface area contributed by atoms with Gasteiger partial charge in [0.15, 0.2) is 0 Å². The molecule has 1 aliphatic rings. The number of nitrogens with zero attached hydrogens (tertiary/aromatic N) is 1. The fourth-order valence-electron chi connectivity index (χ4n) is 2.28. The molecule has 0 bridgehead atoms. The molecule has 3 nitrogen and oxygen atoms in total. The van der Waals surface area contributed by atoms with Crippen LogP contribution in [0.5, 0.6) is 0 Å². The van der Waals surface area contributed by atoms with Gasteiger partial charge in [0.2, 0.25) is 0 Å². The number of ether oxygens (including phenoxy) is 1. The van der Waals surface area contributed by atoms with Crippen molar-refractivity contribution in [1.29, 1.82) is 0 Å². The average Bonchev–Trinajstić information content (AvgIpc) is 2.41. The van der Waals surface area contributed by atoms with E-state index in [0.29, 0.717) is 0 Å². The number of hydrogen-bond donors (Lipinski definition) is 1. The lowest BCUT2D eigenvalue weighted by atomic mass is 10.1. The van der Waals surface area contributed by atoms with Gasteiger partial charge in [-0.2, -0.15) is 0 Å². The lowest BCUT2D eigenvalue weighted by Gasteiger charge is -2.24. The van der Waals surface area contributed by atoms with Crippen molar-refractivity contribution in [1.82, 2.24) is 10.3 Å². The van der Waals surface area contributed by atoms with E-state index in [2.05, 4.69) is 38.4 Å². The third-order valence-electron chi connectivity index (χ3n) is 3.20. The Morgan fingerprint density at radius 3 is 3.11 bits per heavy atom. The number of hydrogen-bond acceptors (Lipinski definition) is 3. The van der Waals surface area contributed by atoms with Crippen LogP contribution in [0.25, 0.3) is 10.9 Å². The SMILES string of the molecule is Brc1nc2ccccc2cc1CC1CNCCO1. The highest BCUT2D eigenvalue weighted by Gasteiger charge is 2.16. The minimum absolute atomic E-state index is 0.248. The standard InChI is InChI=1S/C14H15BrN2O/c15-14-11(8-12-9-16-5-6-18-12)7-10-3-1-2-4-13(10)17-14/h1-4,7,12,16H,5-6,8-9H2. The van der Waals surface area contributed by atoms with Crippen molar-refractivity contribution in [2.45, 2.75) is 12.5 Å². The van der Waals surface area contributed by atoms with E-state index in [0.717, 1.165) is 36.2 Å². The smallest absolute Gasteiger partial charge is 0.110 e. The molecular formula is C14H15BrN2O. The molecule has 1 aliphatic heterocycles. The Bertz CT molecular complexity index is 552. The number of morpholine rings is 1. The number of aromatic nitrogens is 1. The molecule has 1 aromatic carbocycles. The summed E-state index contributed by atoms with van der Waals surface area (Å²) in [6.45, 7) is 2.66. The fourth-order valence-corrected chi connectivity index (χ4v) is 2.74. The molecule has 1 aromatic heterocycles. The lowest BCUT2D eigenvalue weighted by molar-refractivity contribution is 0.0291. The molecule has 0 amide bonds. The zero-order valence-electron chi connectivity index (χ0n) is 10.0. The highest BCUT2D eigenvalue weighted by molar-refractivity contribution is 9.10. The van der Waals surface area contributed by atoms with Gasteiger partial charge in [-0.1, -0.05) is 18.2 Å². The number of halogens is 1. The predicted molar refractivity (Wildman–Crippen MR) is 75.8 cm³/mol. The van der Waals surface area contributed by atoms with Crippen LogP contribution in [0.3, 0.4) is 0 Å². The van der Waals surface area contributed by atoms with Gasteiger partial charge in [0, 0.05) is 24.9 Å². The van der Waals surface area contributed by atoms with Crippen molar-refractivity contribution in [2.75, 3.05) is 19.7 Å². The van der Waals surface area contributed by atoms with E-state index in [4.69, 9.17) is 4.74 Å². The maximum atomic E-state index is 5.74. The largest absolute Gasteiger partial charge is 0.375 e. The van der Waals surface area contributed by atoms with Crippen molar-refractivity contribution < 1.29 is 4.74 Å². The second-order valence-electron chi connectivity index (χ2n) is 4.53. The number of nitrogens with one attached hydrogen (secondary N) is 1. The molecule has 94 valence electrons. The van der Waals surface area contributed by atoms with Crippen molar-refractivity contribution in [3.05, 3.63) is 40.5 Å². The van der Waals surface area contributed by atoms with Crippen LogP contribution in [0, 0.1) is 0 Å². The Hall–Kier alpha value is -0.970. The minimum atomic E-state index is 0.248. The Morgan fingerprint density at radius 2 is 2.28 bits per heavy atom. The highest BCUT2D eigenvalue weighted by Crippen LogP contribution is 2.22. The maximum absolute atomic E-state index is 5.74. The van der Waals surface area contributed by atoms with Gasteiger partial charge in [-0.3, -0.25) is 0 Å². The Morgan fingerprint density at radius 1 is 1.39 bits per heavy atom. The molecule has 1 unspecified atom stereocenters. The molecule has 1 fully saturated rings. The fraction of sp³-hybridized carbons (Fsp3) is 0.357. The zero-order valence-corrected chi connectivity index (χ0v) is 11.6. The maximum Gasteiger partial charge on any atom is 0.110 e. The first kappa shape index (κ1) is 12.1. The lowest BCUT2D eigenvalue weighted by Crippen LogP contribution is -2.39. The molecule has 0 aliphatic carbocycles. The summed E-state index contributed by atoms with van der Waals surface area (Å²) < 4.78 is 6.66. The molecular weight excluding hydrogens is 292 g/mol. The Kier molecular flexibility index (Phi) is 3.59. The third-order valence-corrected chi connectivity index (χ3v) is 3.89. The van der Waals surface area contributed by atoms with Crippen LogP contribution in [-0.2, 0) is 11.2 Å². The molecule has 1 saturated heterocycles. The molecule has 0 spiro atoms. The minimum Gasteiger partial charge on any atom is -0.375 e. The van der Waals surface area contributed by atoms with E-state index in [1.165, 1.54) is 10.9 Å². The van der Waals surface area contributed by atoms with Gasteiger partial charge in [-0.05, 0) is 33.6 Å². The molecule has 1 atom stereocenters. The van der Waals surface area contributed by atoms with E-state index >= 15 is 0 Å². The van der Waals surface area contributed by atoms with Crippen LogP contribution in [0.2, 0.25) is 0 Å². The second-order valence-corrected chi connectivity index (χ2v) is 5.28. The van der Waals surface area contributed by atoms with Gasteiger partial charge in [-0.15, -0.1) is 0 Å². The number of pyridine rings is 1. The summed E-state index contributed by atoms with van der Waals surface area (Å²) in [5, 5.41) is 4.53. The molecule has 4 heteroatoms. The molecule has 18 heavy (non-hydrogen) atoms. The molecule has 2 heterocycles. The van der Waals surface area contributed by atoms with Crippen LogP contribution in [-0.4, -0.2) is 30.8 Å². The van der Waals surface area contributed by atoms with Gasteiger partial charge in [0.1, 0.15) is 4.60 Å². The number of para-hydroxylation sites is 1. The highest BCUT2D eigenvalue weighted by atomic mass is 79.9. The predicted octanol–water partition coefficient (Wildman–Crippen LogP) is 2.53. The van der Waals surface area contributed by atoms with E-state index in [1.54, 1.807) is 0 Å². The monoisotopic (exact) mass is 306 g/mol. The van der Waals surface area contributed by atoms with Gasteiger partial charge in [-0.25, -0.2) is 4.98 Å². The van der Waals surface area contributed by atoms with E-state index in [1.807, 2.05) is 18.2 Å². The number of rotatable bonds is 2. The first-order chi connectivity index (χ1) is 8.83. The summed E-state index contributed by atoms with van der Waals surface area (Å²) in [6, 6.07) is 10.4. The quantitative estimate of drug-likeness (QED) is 0.866. The molecule has 3 rings (SSSR count). The molecule has 0 saturated carbocycles. The molecule has 2 aromatic rings. The van der Waals surface area contributed by atoms with Crippen LogP contribution in [0.15, 0.2) is 34.9 Å². The van der Waals surface area contributed by atoms with Crippen LogP contribution < -0.4 is 5.32 Å². The normalized spacial score (nSPS) is 20.2. The van der Waals surface area contributed by atoms with Gasteiger partial charge >= 0.3 is 0 Å². The zero-order chi connectivity index (χ0) is 12.4. The molecule has 1 N–H and O–H groups in total. The summed E-state index contributed by atoms with van der Waals surface area (Å²) in [5.41, 5.74) is 2.23. The first-order valence-electron chi connectivity index (χ1n) is 6.19. The van der Waals surface area contributed by atoms with Gasteiger partial charge < -0.3 is 10.1 Å². The first-order valence-corrected chi connectivity index (χ1v) is 6.99. The van der Waals surface area contributed by atoms with Crippen molar-refractivity contribution in [3.8, 4) is 0 Å². The Labute approximate surface area is 115 Å². The van der Waals surface area contributed by atoms with Crippen molar-refractivity contribution in [2.24, 2.45) is 0 Å². The summed E-state index contributed by atoms with van der Waals surface area (Å²) in [4.78, 5) is 4.58. The van der Waals surface area contributed by atoms with E-state index < -0.39 is 0 Å². The molecule has 0 radical (unpaired) electrons. The topological polar surface area (TPSA) is 34.2 Å².